The lowest BCUT2D eigenvalue weighted by Crippen LogP contribution is -2.11. The summed E-state index contributed by atoms with van der Waals surface area (Å²) in [6, 6.07) is 0. The van der Waals surface area contributed by atoms with E-state index < -0.39 is 41.8 Å². The third-order valence-corrected chi connectivity index (χ3v) is 0.167. The summed E-state index contributed by atoms with van der Waals surface area (Å²) >= 11 is 0. The lowest BCUT2D eigenvalue weighted by Gasteiger charge is -1.72. The van der Waals surface area contributed by atoms with Gasteiger partial charge in [-0.1, -0.05) is 0 Å². The molecule has 0 aromatic carbocycles. The number of carbonyl (C=O) groups is 7. The molecule has 0 unspecified atom stereocenters. The van der Waals surface area contributed by atoms with E-state index in [9.17, 15) is 0 Å². The van der Waals surface area contributed by atoms with E-state index >= 15 is 0 Å². The molecule has 16 nitrogen and oxygen atoms in total. The second-order valence-corrected chi connectivity index (χ2v) is 4.21. The highest BCUT2D eigenvalue weighted by Crippen LogP contribution is 1.44. The molecule has 0 aromatic heterocycles. The van der Waals surface area contributed by atoms with Gasteiger partial charge in [-0.25, -0.2) is 0 Å². The van der Waals surface area contributed by atoms with Crippen LogP contribution in [0.25, 0.3) is 0 Å². The number of hydrogen-bond donors (Lipinski definition) is 9. The predicted octanol–water partition coefficient (Wildman–Crippen LogP) is -0.460. The van der Waals surface area contributed by atoms with E-state index in [0.717, 1.165) is 48.5 Å². The summed E-state index contributed by atoms with van der Waals surface area (Å²) in [5, 5.41) is 51.9. The highest BCUT2D eigenvalue weighted by Gasteiger charge is 1.67. The van der Waals surface area contributed by atoms with E-state index in [-0.39, 0.29) is 0 Å². The van der Waals surface area contributed by atoms with Crippen molar-refractivity contribution in [3.05, 3.63) is 0 Å². The van der Waals surface area contributed by atoms with Crippen molar-refractivity contribution in [3.8, 4) is 0 Å². The summed E-state index contributed by atoms with van der Waals surface area (Å²) in [5.41, 5.74) is 9.81. The molecule has 0 rings (SSSR count). The topological polar surface area (TPSA) is 313 Å². The Labute approximate surface area is 185 Å². The van der Waals surface area contributed by atoms with Gasteiger partial charge in [0.1, 0.15) is 0 Å². The zero-order chi connectivity index (χ0) is 28.5. The summed E-state index contributed by atoms with van der Waals surface area (Å²) in [5.74, 6) is -5.83. The van der Waals surface area contributed by atoms with Gasteiger partial charge in [-0.05, 0) is 0 Å². The third kappa shape index (κ3) is 2140. The molecule has 32 heavy (non-hydrogen) atoms. The molecule has 0 radical (unpaired) electrons. The Balaban J connectivity index is -0.0000000343. The molecule has 194 valence electrons. The van der Waals surface area contributed by atoms with Crippen LogP contribution in [0.15, 0.2) is 0 Å². The van der Waals surface area contributed by atoms with Gasteiger partial charge in [0, 0.05) is 61.6 Å². The molecule has 0 bridgehead atoms. The normalized spacial score (nSPS) is 6.41. The maximum Gasteiger partial charge on any atom is 0.300 e. The lowest BCUT2D eigenvalue weighted by atomic mass is 10.7. The van der Waals surface area contributed by atoms with Crippen LogP contribution in [0.2, 0.25) is 0 Å². The number of nitrogens with two attached hydrogens (primary N) is 2. The second-order valence-electron chi connectivity index (χ2n) is 4.21. The Morgan fingerprint density at radius 3 is 0.406 bits per heavy atom. The first-order valence-corrected chi connectivity index (χ1v) is 7.81. The van der Waals surface area contributed by atoms with Crippen molar-refractivity contribution in [3.63, 3.8) is 0 Å². The molecule has 11 N–H and O–H groups in total. The van der Waals surface area contributed by atoms with Gasteiger partial charge < -0.3 is 47.2 Å². The molecule has 0 saturated carbocycles. The zero-order valence-corrected chi connectivity index (χ0v) is 19.1. The first kappa shape index (κ1) is 51.1. The number of hydrogen-bond acceptors (Lipinski definition) is 9. The monoisotopic (exact) mass is 480 g/mol. The quantitative estimate of drug-likeness (QED) is 0.229. The Hall–Kier alpha value is -3.79. The Kier molecular flexibility index (Phi) is 80.9. The van der Waals surface area contributed by atoms with Crippen molar-refractivity contribution in [2.24, 2.45) is 11.5 Å². The first-order chi connectivity index (χ1) is 14.0. The predicted molar refractivity (Wildman–Crippen MR) is 111 cm³/mol. The van der Waals surface area contributed by atoms with Crippen molar-refractivity contribution < 1.29 is 69.3 Å². The van der Waals surface area contributed by atoms with Crippen molar-refractivity contribution in [1.29, 1.82) is 0 Å². The molecule has 0 aliphatic carbocycles. The Morgan fingerprint density at radius 1 is 0.375 bits per heavy atom. The summed E-state index contributed by atoms with van der Waals surface area (Å²) in [6.07, 6.45) is 0. The lowest BCUT2D eigenvalue weighted by molar-refractivity contribution is -0.135. The van der Waals surface area contributed by atoms with Crippen LogP contribution in [-0.2, 0) is 33.6 Å². The van der Waals surface area contributed by atoms with Gasteiger partial charge in [0.2, 0.25) is 0 Å². The van der Waals surface area contributed by atoms with Crippen LogP contribution >= 0.6 is 0 Å². The van der Waals surface area contributed by atoms with E-state index in [1.54, 1.807) is 0 Å². The van der Waals surface area contributed by atoms with E-state index in [4.69, 9.17) is 80.8 Å². The minimum atomic E-state index is -0.833. The number of rotatable bonds is 1. The van der Waals surface area contributed by atoms with Gasteiger partial charge in [0.25, 0.3) is 41.8 Å². The minimum Gasteiger partial charge on any atom is -0.481 e. The maximum atomic E-state index is 9.00. The van der Waals surface area contributed by atoms with Crippen molar-refractivity contribution >= 4 is 41.8 Å². The minimum absolute atomic E-state index is 0.597. The van der Waals surface area contributed by atoms with Crippen molar-refractivity contribution in [1.82, 2.24) is 0 Å². The summed E-state index contributed by atoms with van der Waals surface area (Å²) < 4.78 is 0. The van der Waals surface area contributed by atoms with Gasteiger partial charge in [-0.3, -0.25) is 33.6 Å². The highest BCUT2D eigenvalue weighted by atomic mass is 16.4. The van der Waals surface area contributed by atoms with Crippen LogP contribution in [0.4, 0.5) is 0 Å². The largest absolute Gasteiger partial charge is 0.481 e. The fourth-order valence-electron chi connectivity index (χ4n) is 0. The van der Waals surface area contributed by atoms with Gasteiger partial charge in [-0.15, -0.1) is 0 Å². The molecule has 0 aliphatic rings. The van der Waals surface area contributed by atoms with E-state index in [1.165, 1.54) is 0 Å². The van der Waals surface area contributed by atoms with Gasteiger partial charge in [0.15, 0.2) is 0 Å². The van der Waals surface area contributed by atoms with Crippen molar-refractivity contribution in [2.45, 2.75) is 48.5 Å². The SMILES string of the molecule is CC(=O)O.CC(=O)O.CC(=O)O.CC(=O)O.CC(=O)O.CC(=O)O.CC(=O)O.NCCN. The van der Waals surface area contributed by atoms with Crippen LogP contribution in [0.5, 0.6) is 0 Å². The fraction of sp³-hybridized carbons (Fsp3) is 0.562. The van der Waals surface area contributed by atoms with E-state index in [2.05, 4.69) is 0 Å². The molecule has 0 spiro atoms. The number of carboxylic acid groups (broad SMARTS) is 7. The summed E-state index contributed by atoms with van der Waals surface area (Å²) in [4.78, 5) is 63.0. The van der Waals surface area contributed by atoms with Gasteiger partial charge in [-0.2, -0.15) is 0 Å². The highest BCUT2D eigenvalue weighted by molar-refractivity contribution is 5.64. The Morgan fingerprint density at radius 2 is 0.406 bits per heavy atom. The van der Waals surface area contributed by atoms with Crippen LogP contribution in [0.3, 0.4) is 0 Å². The second kappa shape index (κ2) is 50.7. The fourth-order valence-corrected chi connectivity index (χ4v) is 0. The smallest absolute Gasteiger partial charge is 0.300 e. The molecule has 0 aliphatic heterocycles. The summed E-state index contributed by atoms with van der Waals surface area (Å²) in [6.45, 7) is 8.78. The van der Waals surface area contributed by atoms with E-state index in [1.807, 2.05) is 0 Å². The Bertz CT molecular complexity index is 345. The molecule has 0 atom stereocenters. The van der Waals surface area contributed by atoms with Crippen LogP contribution < -0.4 is 11.5 Å². The van der Waals surface area contributed by atoms with Gasteiger partial charge >= 0.3 is 0 Å². The van der Waals surface area contributed by atoms with E-state index in [0.29, 0.717) is 13.1 Å². The molecule has 0 aromatic rings. The van der Waals surface area contributed by atoms with Crippen LogP contribution in [-0.4, -0.2) is 90.6 Å². The molecule has 0 heterocycles. The average Bonchev–Trinajstić information content (AvgIpc) is 2.42. The molecule has 0 fully saturated rings. The number of carboxylic acids is 7. The molecular formula is C16H36N2O14. The van der Waals surface area contributed by atoms with Gasteiger partial charge in [0.05, 0.1) is 0 Å². The standard InChI is InChI=1S/C2H8N2.7C2H4O2/c3-1-2-4;7*1-2(3)4/h1-4H2;7*1H3,(H,3,4). The average molecular weight is 480 g/mol. The van der Waals surface area contributed by atoms with Crippen molar-refractivity contribution in [2.75, 3.05) is 13.1 Å². The molecule has 0 saturated heterocycles. The maximum absolute atomic E-state index is 9.00. The first-order valence-electron chi connectivity index (χ1n) is 7.81. The molecular weight excluding hydrogens is 444 g/mol. The third-order valence-electron chi connectivity index (χ3n) is 0.167. The molecule has 16 heteroatoms. The van der Waals surface area contributed by atoms with Crippen LogP contribution in [0.1, 0.15) is 48.5 Å². The van der Waals surface area contributed by atoms with Crippen LogP contribution in [0, 0.1) is 0 Å². The number of aliphatic carboxylic acids is 7. The molecule has 0 amide bonds. The zero-order valence-electron chi connectivity index (χ0n) is 19.1. The summed E-state index contributed by atoms with van der Waals surface area (Å²) in [7, 11) is 0.